The van der Waals surface area contributed by atoms with Crippen molar-refractivity contribution in [2.45, 2.75) is 46.4 Å². The van der Waals surface area contributed by atoms with Gasteiger partial charge in [-0.05, 0) is 38.5 Å². The van der Waals surface area contributed by atoms with Gasteiger partial charge >= 0.3 is 0 Å². The molecule has 108 valence electrons. The van der Waals surface area contributed by atoms with Crippen molar-refractivity contribution in [1.82, 2.24) is 14.8 Å². The van der Waals surface area contributed by atoms with E-state index in [0.717, 1.165) is 29.3 Å². The van der Waals surface area contributed by atoms with E-state index in [1.54, 1.807) is 0 Å². The maximum Gasteiger partial charge on any atom is 0.142 e. The average molecular weight is 274 g/mol. The smallest absolute Gasteiger partial charge is 0.142 e. The molecule has 0 fully saturated rings. The van der Waals surface area contributed by atoms with Gasteiger partial charge in [-0.1, -0.05) is 6.92 Å². The van der Waals surface area contributed by atoms with Gasteiger partial charge < -0.3 is 10.5 Å². The Morgan fingerprint density at radius 1 is 1.35 bits per heavy atom. The van der Waals surface area contributed by atoms with Crippen LogP contribution in [0.2, 0.25) is 0 Å². The molecule has 2 aromatic rings. The highest BCUT2D eigenvalue weighted by Crippen LogP contribution is 2.18. The maximum absolute atomic E-state index is 5.78. The molecule has 0 amide bonds. The molecule has 0 aliphatic carbocycles. The molecular formula is C15H22N4O. The standard InChI is InChI=1S/C15H22N4O/c1-4-12(3)19-8-7-13(18-19)10-20-15-6-5-11(2)17-14(15)9-16/h5-8,12H,4,9-10,16H2,1-3H3. The zero-order chi connectivity index (χ0) is 14.5. The summed E-state index contributed by atoms with van der Waals surface area (Å²) in [5.74, 6) is 0.733. The lowest BCUT2D eigenvalue weighted by atomic mass is 10.3. The van der Waals surface area contributed by atoms with E-state index in [9.17, 15) is 0 Å². The molecule has 2 heterocycles. The van der Waals surface area contributed by atoms with Gasteiger partial charge in [-0.2, -0.15) is 5.10 Å². The van der Waals surface area contributed by atoms with Gasteiger partial charge in [0.05, 0.1) is 11.4 Å². The molecule has 20 heavy (non-hydrogen) atoms. The first-order chi connectivity index (χ1) is 9.63. The topological polar surface area (TPSA) is 66.0 Å². The normalized spacial score (nSPS) is 12.4. The van der Waals surface area contributed by atoms with Gasteiger partial charge in [0, 0.05) is 24.5 Å². The molecule has 5 heteroatoms. The molecular weight excluding hydrogens is 252 g/mol. The van der Waals surface area contributed by atoms with Crippen LogP contribution in [-0.2, 0) is 13.2 Å². The van der Waals surface area contributed by atoms with Crippen LogP contribution in [0.1, 0.15) is 43.4 Å². The van der Waals surface area contributed by atoms with Gasteiger partial charge in [0.25, 0.3) is 0 Å². The first-order valence-corrected chi connectivity index (χ1v) is 6.97. The Labute approximate surface area is 119 Å². The van der Waals surface area contributed by atoms with E-state index in [1.807, 2.05) is 36.0 Å². The number of rotatable bonds is 6. The molecule has 0 saturated heterocycles. The largest absolute Gasteiger partial charge is 0.485 e. The number of aryl methyl sites for hydroxylation is 1. The monoisotopic (exact) mass is 274 g/mol. The number of ether oxygens (including phenoxy) is 1. The highest BCUT2D eigenvalue weighted by atomic mass is 16.5. The lowest BCUT2D eigenvalue weighted by Crippen LogP contribution is -2.08. The van der Waals surface area contributed by atoms with Crippen molar-refractivity contribution in [3.63, 3.8) is 0 Å². The van der Waals surface area contributed by atoms with E-state index in [-0.39, 0.29) is 0 Å². The summed E-state index contributed by atoms with van der Waals surface area (Å²) in [6, 6.07) is 6.22. The van der Waals surface area contributed by atoms with Crippen molar-refractivity contribution in [2.75, 3.05) is 0 Å². The van der Waals surface area contributed by atoms with Crippen molar-refractivity contribution in [1.29, 1.82) is 0 Å². The fraction of sp³-hybridized carbons (Fsp3) is 0.467. The predicted octanol–water partition coefficient (Wildman–Crippen LogP) is 2.60. The van der Waals surface area contributed by atoms with Gasteiger partial charge in [-0.3, -0.25) is 9.67 Å². The van der Waals surface area contributed by atoms with Crippen LogP contribution >= 0.6 is 0 Å². The molecule has 1 unspecified atom stereocenters. The summed E-state index contributed by atoms with van der Waals surface area (Å²) in [7, 11) is 0. The van der Waals surface area contributed by atoms with Crippen LogP contribution in [0.15, 0.2) is 24.4 Å². The summed E-state index contributed by atoms with van der Waals surface area (Å²) < 4.78 is 7.75. The van der Waals surface area contributed by atoms with Crippen LogP contribution in [0, 0.1) is 6.92 Å². The minimum atomic E-state index is 0.373. The third kappa shape index (κ3) is 3.36. The molecule has 2 rings (SSSR count). The van der Waals surface area contributed by atoms with Crippen molar-refractivity contribution in [3.8, 4) is 5.75 Å². The first kappa shape index (κ1) is 14.5. The van der Waals surface area contributed by atoms with E-state index >= 15 is 0 Å². The molecule has 5 nitrogen and oxygen atoms in total. The Morgan fingerprint density at radius 3 is 2.85 bits per heavy atom. The van der Waals surface area contributed by atoms with Crippen molar-refractivity contribution in [3.05, 3.63) is 41.5 Å². The second kappa shape index (κ2) is 6.52. The number of aromatic nitrogens is 3. The van der Waals surface area contributed by atoms with E-state index in [4.69, 9.17) is 10.5 Å². The fourth-order valence-electron chi connectivity index (χ4n) is 1.91. The third-order valence-electron chi connectivity index (χ3n) is 3.35. The second-order valence-corrected chi connectivity index (χ2v) is 4.93. The molecule has 0 radical (unpaired) electrons. The van der Waals surface area contributed by atoms with Crippen LogP contribution in [0.25, 0.3) is 0 Å². The van der Waals surface area contributed by atoms with Gasteiger partial charge in [-0.15, -0.1) is 0 Å². The number of nitrogens with two attached hydrogens (primary N) is 1. The molecule has 2 N–H and O–H groups in total. The van der Waals surface area contributed by atoms with E-state index in [2.05, 4.69) is 23.9 Å². The summed E-state index contributed by atoms with van der Waals surface area (Å²) in [5, 5.41) is 4.51. The van der Waals surface area contributed by atoms with Crippen LogP contribution in [0.3, 0.4) is 0 Å². The minimum Gasteiger partial charge on any atom is -0.485 e. The van der Waals surface area contributed by atoms with Gasteiger partial charge in [-0.25, -0.2) is 0 Å². The van der Waals surface area contributed by atoms with Crippen molar-refractivity contribution >= 4 is 0 Å². The summed E-state index contributed by atoms with van der Waals surface area (Å²) in [4.78, 5) is 4.37. The molecule has 1 atom stereocenters. The summed E-state index contributed by atoms with van der Waals surface area (Å²) in [5.41, 5.74) is 8.33. The number of hydrogen-bond donors (Lipinski definition) is 1. The predicted molar refractivity (Wildman–Crippen MR) is 78.4 cm³/mol. The van der Waals surface area contributed by atoms with Crippen molar-refractivity contribution in [2.24, 2.45) is 5.73 Å². The molecule has 2 aromatic heterocycles. The molecule has 0 aliphatic rings. The van der Waals surface area contributed by atoms with Crippen LogP contribution < -0.4 is 10.5 Å². The average Bonchev–Trinajstić information content (AvgIpc) is 2.93. The van der Waals surface area contributed by atoms with Gasteiger partial charge in [0.1, 0.15) is 12.4 Å². The number of pyridine rings is 1. The van der Waals surface area contributed by atoms with Gasteiger partial charge in [0.15, 0.2) is 0 Å². The summed E-state index contributed by atoms with van der Waals surface area (Å²) >= 11 is 0. The highest BCUT2D eigenvalue weighted by molar-refractivity contribution is 5.29. The minimum absolute atomic E-state index is 0.373. The molecule has 0 spiro atoms. The Hall–Kier alpha value is -1.88. The summed E-state index contributed by atoms with van der Waals surface area (Å²) in [6.07, 6.45) is 3.05. The molecule has 0 bridgehead atoms. The number of nitrogens with zero attached hydrogens (tertiary/aromatic N) is 3. The molecule has 0 saturated carbocycles. The first-order valence-electron chi connectivity index (χ1n) is 6.97. The zero-order valence-electron chi connectivity index (χ0n) is 12.3. The second-order valence-electron chi connectivity index (χ2n) is 4.93. The quantitative estimate of drug-likeness (QED) is 0.879. The molecule has 0 aromatic carbocycles. The number of hydrogen-bond acceptors (Lipinski definition) is 4. The van der Waals surface area contributed by atoms with Crippen LogP contribution in [-0.4, -0.2) is 14.8 Å². The van der Waals surface area contributed by atoms with Crippen molar-refractivity contribution < 1.29 is 4.74 Å². The van der Waals surface area contributed by atoms with E-state index in [1.165, 1.54) is 0 Å². The lowest BCUT2D eigenvalue weighted by molar-refractivity contribution is 0.293. The third-order valence-corrected chi connectivity index (χ3v) is 3.35. The van der Waals surface area contributed by atoms with Crippen LogP contribution in [0.4, 0.5) is 0 Å². The highest BCUT2D eigenvalue weighted by Gasteiger charge is 2.08. The molecule has 0 aliphatic heterocycles. The SMILES string of the molecule is CCC(C)n1ccc(COc2ccc(C)nc2CN)n1. The Morgan fingerprint density at radius 2 is 2.15 bits per heavy atom. The van der Waals surface area contributed by atoms with Crippen LogP contribution in [0.5, 0.6) is 5.75 Å². The maximum atomic E-state index is 5.78. The van der Waals surface area contributed by atoms with E-state index in [0.29, 0.717) is 19.2 Å². The van der Waals surface area contributed by atoms with E-state index < -0.39 is 0 Å². The van der Waals surface area contributed by atoms with Gasteiger partial charge in [0.2, 0.25) is 0 Å². The summed E-state index contributed by atoms with van der Waals surface area (Å²) in [6.45, 7) is 7.04. The Bertz CT molecular complexity index is 565. The Balaban J connectivity index is 2.03. The zero-order valence-corrected chi connectivity index (χ0v) is 12.3. The lowest BCUT2D eigenvalue weighted by Gasteiger charge is -2.10. The Kier molecular flexibility index (Phi) is 4.74. The fourth-order valence-corrected chi connectivity index (χ4v) is 1.91.